The first-order valence-corrected chi connectivity index (χ1v) is 7.12. The molecule has 4 heteroatoms. The first-order chi connectivity index (χ1) is 10.1. The molecule has 0 amide bonds. The topological polar surface area (TPSA) is 21.7 Å². The van der Waals surface area contributed by atoms with Crippen molar-refractivity contribution in [2.75, 3.05) is 19.1 Å². The van der Waals surface area contributed by atoms with Gasteiger partial charge >= 0.3 is 0 Å². The summed E-state index contributed by atoms with van der Waals surface area (Å²) in [5.74, 6) is 0.893. The minimum Gasteiger partial charge on any atom is -0.489 e. The van der Waals surface area contributed by atoms with Crippen LogP contribution in [0.15, 0.2) is 48.5 Å². The smallest absolute Gasteiger partial charge is 0.263 e. The second-order valence-corrected chi connectivity index (χ2v) is 5.06. The van der Waals surface area contributed by atoms with Crippen molar-refractivity contribution in [1.82, 2.24) is 0 Å². The van der Waals surface area contributed by atoms with Crippen LogP contribution in [0.3, 0.4) is 0 Å². The Bertz CT molecular complexity index is 628. The van der Waals surface area contributed by atoms with Crippen molar-refractivity contribution in [2.24, 2.45) is 0 Å². The normalized spacial score (nSPS) is 10.0. The first kappa shape index (κ1) is 15.3. The number of hydrogen-bond acceptors (Lipinski definition) is 3. The van der Waals surface area contributed by atoms with Crippen molar-refractivity contribution in [1.29, 1.82) is 0 Å². The Kier molecular flexibility index (Phi) is 5.17. The maximum Gasteiger partial charge on any atom is 0.263 e. The van der Waals surface area contributed by atoms with E-state index in [-0.39, 0.29) is 0 Å². The molecule has 0 aliphatic carbocycles. The van der Waals surface area contributed by atoms with E-state index in [1.807, 2.05) is 67.4 Å². The standard InChI is InChI=1S/C17H19NO2S/c1-13-8-4-7-11-16(13)20-12-14-9-5-6-10-15(14)18(2)17(21)19-3/h4-11H,12H2,1-3H3. The SMILES string of the molecule is COC(=S)N(C)c1ccccc1COc1ccccc1C. The summed E-state index contributed by atoms with van der Waals surface area (Å²) in [5.41, 5.74) is 3.16. The number of hydrogen-bond donors (Lipinski definition) is 0. The van der Waals surface area contributed by atoms with Gasteiger partial charge in [-0.3, -0.25) is 0 Å². The van der Waals surface area contributed by atoms with Gasteiger partial charge in [0.05, 0.1) is 12.8 Å². The van der Waals surface area contributed by atoms with Crippen molar-refractivity contribution in [2.45, 2.75) is 13.5 Å². The highest BCUT2D eigenvalue weighted by molar-refractivity contribution is 7.80. The van der Waals surface area contributed by atoms with Gasteiger partial charge in [-0.25, -0.2) is 0 Å². The summed E-state index contributed by atoms with van der Waals surface area (Å²) in [6.07, 6.45) is 0. The first-order valence-electron chi connectivity index (χ1n) is 6.71. The molecular formula is C17H19NO2S. The van der Waals surface area contributed by atoms with Crippen LogP contribution in [0, 0.1) is 6.92 Å². The zero-order valence-electron chi connectivity index (χ0n) is 12.5. The van der Waals surface area contributed by atoms with E-state index in [4.69, 9.17) is 21.7 Å². The van der Waals surface area contributed by atoms with Gasteiger partial charge in [0, 0.05) is 12.6 Å². The number of rotatable bonds is 4. The van der Waals surface area contributed by atoms with Crippen LogP contribution in [0.2, 0.25) is 0 Å². The van der Waals surface area contributed by atoms with Crippen LogP contribution in [0.5, 0.6) is 5.75 Å². The Morgan fingerprint density at radius 3 is 2.48 bits per heavy atom. The minimum atomic E-state index is 0.429. The quantitative estimate of drug-likeness (QED) is 0.797. The summed E-state index contributed by atoms with van der Waals surface area (Å²) in [5, 5.41) is 0.429. The number of methoxy groups -OCH3 is 1. The molecule has 0 unspecified atom stereocenters. The maximum absolute atomic E-state index is 5.92. The molecule has 0 spiro atoms. The predicted octanol–water partition coefficient (Wildman–Crippen LogP) is 3.94. The van der Waals surface area contributed by atoms with E-state index < -0.39 is 0 Å². The summed E-state index contributed by atoms with van der Waals surface area (Å²) >= 11 is 5.18. The largest absolute Gasteiger partial charge is 0.489 e. The number of ether oxygens (including phenoxy) is 2. The molecule has 0 saturated carbocycles. The highest BCUT2D eigenvalue weighted by Gasteiger charge is 2.12. The van der Waals surface area contributed by atoms with Crippen LogP contribution in [-0.4, -0.2) is 19.3 Å². The molecule has 2 aromatic rings. The van der Waals surface area contributed by atoms with Crippen LogP contribution in [0.25, 0.3) is 0 Å². The number of para-hydroxylation sites is 2. The fourth-order valence-corrected chi connectivity index (χ4v) is 2.17. The molecule has 110 valence electrons. The van der Waals surface area contributed by atoms with E-state index >= 15 is 0 Å². The van der Waals surface area contributed by atoms with Crippen molar-refractivity contribution < 1.29 is 9.47 Å². The number of anilines is 1. The van der Waals surface area contributed by atoms with Crippen LogP contribution >= 0.6 is 12.2 Å². The predicted molar refractivity (Wildman–Crippen MR) is 90.0 cm³/mol. The van der Waals surface area contributed by atoms with Crippen molar-refractivity contribution in [3.05, 3.63) is 59.7 Å². The molecule has 2 rings (SSSR count). The van der Waals surface area contributed by atoms with Gasteiger partial charge in [-0.1, -0.05) is 36.4 Å². The van der Waals surface area contributed by atoms with Gasteiger partial charge < -0.3 is 14.4 Å². The van der Waals surface area contributed by atoms with Gasteiger partial charge in [0.15, 0.2) is 0 Å². The van der Waals surface area contributed by atoms with Crippen molar-refractivity contribution in [3.8, 4) is 5.75 Å². The van der Waals surface area contributed by atoms with Crippen LogP contribution in [0.4, 0.5) is 5.69 Å². The lowest BCUT2D eigenvalue weighted by Crippen LogP contribution is -2.26. The Morgan fingerprint density at radius 1 is 1.10 bits per heavy atom. The molecule has 0 aromatic heterocycles. The van der Waals surface area contributed by atoms with Gasteiger partial charge in [0.2, 0.25) is 0 Å². The lowest BCUT2D eigenvalue weighted by atomic mass is 10.1. The monoisotopic (exact) mass is 301 g/mol. The molecule has 2 aromatic carbocycles. The average molecular weight is 301 g/mol. The molecule has 0 bridgehead atoms. The highest BCUT2D eigenvalue weighted by Crippen LogP contribution is 2.23. The number of nitrogens with zero attached hydrogens (tertiary/aromatic N) is 1. The minimum absolute atomic E-state index is 0.429. The third-order valence-corrected chi connectivity index (χ3v) is 3.72. The van der Waals surface area contributed by atoms with Crippen LogP contribution in [-0.2, 0) is 11.3 Å². The lowest BCUT2D eigenvalue weighted by Gasteiger charge is -2.22. The number of benzene rings is 2. The molecule has 0 heterocycles. The summed E-state index contributed by atoms with van der Waals surface area (Å²) in [6, 6.07) is 16.0. The van der Waals surface area contributed by atoms with Crippen molar-refractivity contribution >= 4 is 23.1 Å². The van der Waals surface area contributed by atoms with E-state index in [1.54, 1.807) is 7.11 Å². The van der Waals surface area contributed by atoms with E-state index in [9.17, 15) is 0 Å². The highest BCUT2D eigenvalue weighted by atomic mass is 32.1. The molecule has 21 heavy (non-hydrogen) atoms. The zero-order valence-corrected chi connectivity index (χ0v) is 13.3. The van der Waals surface area contributed by atoms with E-state index in [1.165, 1.54) is 0 Å². The van der Waals surface area contributed by atoms with Gasteiger partial charge in [-0.05, 0) is 36.8 Å². The molecule has 3 nitrogen and oxygen atoms in total. The third kappa shape index (κ3) is 3.73. The Balaban J connectivity index is 2.17. The second kappa shape index (κ2) is 7.09. The fraction of sp³-hybridized carbons (Fsp3) is 0.235. The summed E-state index contributed by atoms with van der Waals surface area (Å²) < 4.78 is 11.0. The van der Waals surface area contributed by atoms with Crippen LogP contribution < -0.4 is 9.64 Å². The molecule has 0 fully saturated rings. The number of aryl methyl sites for hydroxylation is 1. The molecule has 0 atom stereocenters. The Hall–Kier alpha value is -2.07. The Morgan fingerprint density at radius 2 is 1.76 bits per heavy atom. The molecule has 0 saturated heterocycles. The zero-order chi connectivity index (χ0) is 15.2. The van der Waals surface area contributed by atoms with E-state index in [2.05, 4.69) is 0 Å². The fourth-order valence-electron chi connectivity index (χ4n) is 2.07. The summed E-state index contributed by atoms with van der Waals surface area (Å²) in [7, 11) is 3.46. The number of thiocarbonyl (C=S) groups is 1. The maximum atomic E-state index is 5.92. The molecule has 0 aliphatic rings. The molecule has 0 radical (unpaired) electrons. The lowest BCUT2D eigenvalue weighted by molar-refractivity contribution is 0.304. The van der Waals surface area contributed by atoms with E-state index in [0.717, 1.165) is 22.6 Å². The summed E-state index contributed by atoms with van der Waals surface area (Å²) in [6.45, 7) is 2.52. The van der Waals surface area contributed by atoms with Gasteiger partial charge in [-0.2, -0.15) is 0 Å². The molecule has 0 N–H and O–H groups in total. The second-order valence-electron chi connectivity index (χ2n) is 4.71. The third-order valence-electron chi connectivity index (χ3n) is 3.28. The van der Waals surface area contributed by atoms with Gasteiger partial charge in [0.1, 0.15) is 12.4 Å². The van der Waals surface area contributed by atoms with Crippen LogP contribution in [0.1, 0.15) is 11.1 Å². The average Bonchev–Trinajstić information content (AvgIpc) is 2.53. The van der Waals surface area contributed by atoms with Crippen molar-refractivity contribution in [3.63, 3.8) is 0 Å². The van der Waals surface area contributed by atoms with E-state index in [0.29, 0.717) is 11.8 Å². The van der Waals surface area contributed by atoms with Gasteiger partial charge in [-0.15, -0.1) is 0 Å². The van der Waals surface area contributed by atoms with Gasteiger partial charge in [0.25, 0.3) is 5.17 Å². The summed E-state index contributed by atoms with van der Waals surface area (Å²) in [4.78, 5) is 1.84. The Labute approximate surface area is 131 Å². The molecular weight excluding hydrogens is 282 g/mol. The molecule has 0 aliphatic heterocycles.